The Morgan fingerprint density at radius 3 is 2.57 bits per heavy atom. The number of piperidine rings is 1. The zero-order valence-corrected chi connectivity index (χ0v) is 14.7. The number of aromatic nitrogens is 1. The summed E-state index contributed by atoms with van der Waals surface area (Å²) >= 11 is 1.32. The number of methoxy groups -OCH3 is 1. The molecule has 0 unspecified atom stereocenters. The molecule has 1 amide bonds. The van der Waals surface area contributed by atoms with E-state index in [1.54, 1.807) is 0 Å². The van der Waals surface area contributed by atoms with Crippen LogP contribution in [0.15, 0.2) is 6.20 Å². The summed E-state index contributed by atoms with van der Waals surface area (Å²) in [7, 11) is 1.36. The van der Waals surface area contributed by atoms with Gasteiger partial charge in [0.05, 0.1) is 13.3 Å². The molecule has 0 radical (unpaired) electrons. The molecule has 1 N–H and O–H groups in total. The summed E-state index contributed by atoms with van der Waals surface area (Å²) in [5.74, 6) is -0.366. The van der Waals surface area contributed by atoms with Crippen LogP contribution < -0.4 is 10.2 Å². The molecular formula is C15H23N3O4S. The number of nitrogens with one attached hydrogen (secondary N) is 1. The van der Waals surface area contributed by atoms with Gasteiger partial charge in [0.2, 0.25) is 0 Å². The van der Waals surface area contributed by atoms with E-state index in [9.17, 15) is 9.59 Å². The molecule has 0 spiro atoms. The topological polar surface area (TPSA) is 80.8 Å². The lowest BCUT2D eigenvalue weighted by atomic mass is 10.1. The quantitative estimate of drug-likeness (QED) is 0.851. The molecular weight excluding hydrogens is 318 g/mol. The first-order valence-corrected chi connectivity index (χ1v) is 8.39. The smallest absolute Gasteiger partial charge is 0.407 e. The molecule has 1 aromatic heterocycles. The Morgan fingerprint density at radius 1 is 1.35 bits per heavy atom. The molecule has 1 aliphatic rings. The van der Waals surface area contributed by atoms with Gasteiger partial charge in [-0.2, -0.15) is 0 Å². The van der Waals surface area contributed by atoms with E-state index in [0.717, 1.165) is 31.1 Å². The number of rotatable bonds is 3. The summed E-state index contributed by atoms with van der Waals surface area (Å²) in [6.45, 7) is 7.08. The van der Waals surface area contributed by atoms with Gasteiger partial charge < -0.3 is 19.7 Å². The molecule has 1 fully saturated rings. The van der Waals surface area contributed by atoms with E-state index in [1.165, 1.54) is 24.6 Å². The Kier molecular flexibility index (Phi) is 5.46. The molecule has 7 nitrogen and oxygen atoms in total. The lowest BCUT2D eigenvalue weighted by Crippen LogP contribution is -2.46. The van der Waals surface area contributed by atoms with Crippen molar-refractivity contribution in [2.75, 3.05) is 25.1 Å². The van der Waals surface area contributed by atoms with E-state index in [2.05, 4.69) is 19.9 Å². The lowest BCUT2D eigenvalue weighted by Gasteiger charge is -2.32. The van der Waals surface area contributed by atoms with Gasteiger partial charge >= 0.3 is 12.1 Å². The Labute approximate surface area is 140 Å². The van der Waals surface area contributed by atoms with E-state index in [0.29, 0.717) is 4.88 Å². The third-order valence-electron chi connectivity index (χ3n) is 3.37. The first kappa shape index (κ1) is 17.5. The normalized spacial score (nSPS) is 16.1. The molecule has 0 aliphatic carbocycles. The summed E-state index contributed by atoms with van der Waals surface area (Å²) in [6.07, 6.45) is 2.79. The second-order valence-corrected chi connectivity index (χ2v) is 7.42. The SMILES string of the molecule is COC(=O)c1cnc(N2CCC(NC(=O)OC(C)(C)C)CC2)s1. The number of nitrogens with zero attached hydrogens (tertiary/aromatic N) is 2. The van der Waals surface area contributed by atoms with Gasteiger partial charge in [0.25, 0.3) is 0 Å². The second kappa shape index (κ2) is 7.16. The maximum atomic E-state index is 11.8. The van der Waals surface area contributed by atoms with Crippen molar-refractivity contribution in [3.05, 3.63) is 11.1 Å². The molecule has 0 saturated carbocycles. The molecule has 23 heavy (non-hydrogen) atoms. The first-order chi connectivity index (χ1) is 10.8. The first-order valence-electron chi connectivity index (χ1n) is 7.57. The number of carbonyl (C=O) groups excluding carboxylic acids is 2. The van der Waals surface area contributed by atoms with Crippen molar-refractivity contribution < 1.29 is 19.1 Å². The monoisotopic (exact) mass is 341 g/mol. The largest absolute Gasteiger partial charge is 0.465 e. The minimum absolute atomic E-state index is 0.0983. The Balaban J connectivity index is 1.83. The molecule has 2 heterocycles. The number of ether oxygens (including phenoxy) is 2. The highest BCUT2D eigenvalue weighted by atomic mass is 32.1. The zero-order valence-electron chi connectivity index (χ0n) is 13.9. The Hall–Kier alpha value is -1.83. The fraction of sp³-hybridized carbons (Fsp3) is 0.667. The number of carbonyl (C=O) groups is 2. The minimum Gasteiger partial charge on any atom is -0.465 e. The number of alkyl carbamates (subject to hydrolysis) is 1. The van der Waals surface area contributed by atoms with Crippen molar-refractivity contribution in [1.82, 2.24) is 10.3 Å². The minimum atomic E-state index is -0.490. The molecule has 1 saturated heterocycles. The van der Waals surface area contributed by atoms with Gasteiger partial charge in [-0.05, 0) is 33.6 Å². The molecule has 1 aliphatic heterocycles. The number of thiazole rings is 1. The van der Waals surface area contributed by atoms with Crippen molar-refractivity contribution in [3.63, 3.8) is 0 Å². The van der Waals surface area contributed by atoms with Gasteiger partial charge in [-0.3, -0.25) is 0 Å². The second-order valence-electron chi connectivity index (χ2n) is 6.41. The van der Waals surface area contributed by atoms with E-state index >= 15 is 0 Å². The fourth-order valence-electron chi connectivity index (χ4n) is 2.30. The molecule has 0 bridgehead atoms. The maximum Gasteiger partial charge on any atom is 0.407 e. The van der Waals surface area contributed by atoms with Crippen LogP contribution in [0.3, 0.4) is 0 Å². The van der Waals surface area contributed by atoms with Crippen LogP contribution in [0.2, 0.25) is 0 Å². The number of esters is 1. The average Bonchev–Trinajstić information content (AvgIpc) is 2.95. The van der Waals surface area contributed by atoms with Gasteiger partial charge in [0, 0.05) is 19.1 Å². The van der Waals surface area contributed by atoms with Crippen LogP contribution >= 0.6 is 11.3 Å². The standard InChI is InChI=1S/C15H23N3O4S/c1-15(2,3)22-14(20)17-10-5-7-18(8-6-10)13-16-9-11(23-13)12(19)21-4/h9-10H,5-8H2,1-4H3,(H,17,20). The third-order valence-corrected chi connectivity index (χ3v) is 4.40. The summed E-state index contributed by atoms with van der Waals surface area (Å²) in [4.78, 5) is 30.1. The van der Waals surface area contributed by atoms with Crippen LogP contribution in [0.25, 0.3) is 0 Å². The van der Waals surface area contributed by atoms with E-state index in [-0.39, 0.29) is 18.1 Å². The van der Waals surface area contributed by atoms with Gasteiger partial charge in [-0.25, -0.2) is 14.6 Å². The number of hydrogen-bond donors (Lipinski definition) is 1. The number of amides is 1. The zero-order chi connectivity index (χ0) is 17.0. The van der Waals surface area contributed by atoms with Crippen molar-refractivity contribution in [3.8, 4) is 0 Å². The molecule has 0 atom stereocenters. The summed E-state index contributed by atoms with van der Waals surface area (Å²) in [5, 5.41) is 3.71. The van der Waals surface area contributed by atoms with E-state index in [4.69, 9.17) is 4.74 Å². The predicted molar refractivity (Wildman–Crippen MR) is 88.1 cm³/mol. The van der Waals surface area contributed by atoms with Gasteiger partial charge in [-0.15, -0.1) is 0 Å². The van der Waals surface area contributed by atoms with Crippen LogP contribution in [0.5, 0.6) is 0 Å². The Morgan fingerprint density at radius 2 is 2.00 bits per heavy atom. The molecule has 128 valence electrons. The van der Waals surface area contributed by atoms with Gasteiger partial charge in [-0.1, -0.05) is 11.3 Å². The van der Waals surface area contributed by atoms with Crippen molar-refractivity contribution in [1.29, 1.82) is 0 Å². The van der Waals surface area contributed by atoms with Crippen molar-refractivity contribution in [2.45, 2.75) is 45.3 Å². The summed E-state index contributed by atoms with van der Waals surface area (Å²) in [5.41, 5.74) is -0.490. The van der Waals surface area contributed by atoms with Crippen molar-refractivity contribution in [2.24, 2.45) is 0 Å². The number of hydrogen-bond acceptors (Lipinski definition) is 7. The predicted octanol–water partition coefficient (Wildman–Crippen LogP) is 2.42. The molecule has 0 aromatic carbocycles. The summed E-state index contributed by atoms with van der Waals surface area (Å²) < 4.78 is 9.96. The highest BCUT2D eigenvalue weighted by molar-refractivity contribution is 7.17. The van der Waals surface area contributed by atoms with Crippen LogP contribution in [0.4, 0.5) is 9.93 Å². The van der Waals surface area contributed by atoms with E-state index in [1.807, 2.05) is 20.8 Å². The fourth-order valence-corrected chi connectivity index (χ4v) is 3.18. The van der Waals surface area contributed by atoms with Crippen LogP contribution in [0.1, 0.15) is 43.3 Å². The summed E-state index contributed by atoms with van der Waals surface area (Å²) in [6, 6.07) is 0.0983. The lowest BCUT2D eigenvalue weighted by molar-refractivity contribution is 0.0496. The number of anilines is 1. The molecule has 1 aromatic rings. The van der Waals surface area contributed by atoms with Gasteiger partial charge in [0.15, 0.2) is 5.13 Å². The van der Waals surface area contributed by atoms with Crippen LogP contribution in [0, 0.1) is 0 Å². The van der Waals surface area contributed by atoms with Crippen LogP contribution in [-0.2, 0) is 9.47 Å². The van der Waals surface area contributed by atoms with E-state index < -0.39 is 5.60 Å². The molecule has 2 rings (SSSR count). The van der Waals surface area contributed by atoms with Crippen LogP contribution in [-0.4, -0.2) is 48.9 Å². The molecule has 8 heteroatoms. The maximum absolute atomic E-state index is 11.8. The Bertz CT molecular complexity index is 559. The highest BCUT2D eigenvalue weighted by Gasteiger charge is 2.25. The van der Waals surface area contributed by atoms with Crippen molar-refractivity contribution >= 4 is 28.5 Å². The van der Waals surface area contributed by atoms with Gasteiger partial charge in [0.1, 0.15) is 10.5 Å². The average molecular weight is 341 g/mol. The highest BCUT2D eigenvalue weighted by Crippen LogP contribution is 2.26. The third kappa shape index (κ3) is 5.09.